The summed E-state index contributed by atoms with van der Waals surface area (Å²) >= 11 is 0. The van der Waals surface area contributed by atoms with E-state index in [4.69, 9.17) is 9.47 Å². The molecule has 0 saturated heterocycles. The van der Waals surface area contributed by atoms with Crippen molar-refractivity contribution in [2.45, 2.75) is 31.8 Å². The Hall–Kier alpha value is -2.04. The Balaban J connectivity index is 1.75. The van der Waals surface area contributed by atoms with Crippen molar-refractivity contribution in [1.82, 2.24) is 5.32 Å². The second-order valence-electron chi connectivity index (χ2n) is 5.31. The highest BCUT2D eigenvalue weighted by Gasteiger charge is 2.22. The normalized spacial score (nSPS) is 21.4. The Bertz CT molecular complexity index is 464. The number of nitrogens with one attached hydrogen (secondary N) is 1. The zero-order valence-electron chi connectivity index (χ0n) is 12.2. The zero-order valence-corrected chi connectivity index (χ0v) is 12.2. The van der Waals surface area contributed by atoms with Gasteiger partial charge in [0.15, 0.2) is 0 Å². The van der Waals surface area contributed by atoms with E-state index in [1.54, 1.807) is 31.4 Å². The molecule has 21 heavy (non-hydrogen) atoms. The molecule has 0 unspecified atom stereocenters. The smallest absolute Gasteiger partial charge is 0.293 e. The first-order valence-corrected chi connectivity index (χ1v) is 7.24. The van der Waals surface area contributed by atoms with Crippen molar-refractivity contribution in [3.8, 4) is 5.75 Å². The van der Waals surface area contributed by atoms with Gasteiger partial charge in [-0.1, -0.05) is 0 Å². The molecule has 0 bridgehead atoms. The molecule has 1 N–H and O–H groups in total. The number of benzene rings is 1. The Morgan fingerprint density at radius 3 is 2.48 bits per heavy atom. The summed E-state index contributed by atoms with van der Waals surface area (Å²) in [6, 6.07) is 7.06. The minimum atomic E-state index is -0.0658. The minimum absolute atomic E-state index is 0.0519. The van der Waals surface area contributed by atoms with Crippen LogP contribution in [0, 0.1) is 5.92 Å². The Labute approximate surface area is 124 Å². The van der Waals surface area contributed by atoms with E-state index in [2.05, 4.69) is 5.32 Å². The predicted octanol–water partition coefficient (Wildman–Crippen LogP) is 2.16. The van der Waals surface area contributed by atoms with Crippen LogP contribution >= 0.6 is 0 Å². The van der Waals surface area contributed by atoms with Crippen LogP contribution < -0.4 is 10.1 Å². The van der Waals surface area contributed by atoms with Gasteiger partial charge in [0.25, 0.3) is 12.4 Å². The summed E-state index contributed by atoms with van der Waals surface area (Å²) in [7, 11) is 1.60. The Morgan fingerprint density at radius 2 is 1.90 bits per heavy atom. The number of ether oxygens (including phenoxy) is 2. The van der Waals surface area contributed by atoms with E-state index in [9.17, 15) is 9.59 Å². The molecule has 0 heterocycles. The average Bonchev–Trinajstić information content (AvgIpc) is 2.54. The van der Waals surface area contributed by atoms with E-state index in [1.807, 2.05) is 0 Å². The van der Waals surface area contributed by atoms with Crippen molar-refractivity contribution in [3.05, 3.63) is 29.8 Å². The van der Waals surface area contributed by atoms with Gasteiger partial charge in [0.05, 0.1) is 7.11 Å². The third-order valence-corrected chi connectivity index (χ3v) is 3.95. The molecule has 114 valence electrons. The predicted molar refractivity (Wildman–Crippen MR) is 78.2 cm³/mol. The highest BCUT2D eigenvalue weighted by atomic mass is 16.5. The highest BCUT2D eigenvalue weighted by Crippen LogP contribution is 2.25. The second kappa shape index (κ2) is 7.67. The number of methoxy groups -OCH3 is 1. The molecule has 1 aromatic rings. The van der Waals surface area contributed by atoms with Crippen LogP contribution in [0.2, 0.25) is 0 Å². The van der Waals surface area contributed by atoms with E-state index in [-0.39, 0.29) is 12.0 Å². The maximum absolute atomic E-state index is 12.0. The van der Waals surface area contributed by atoms with Gasteiger partial charge in [-0.05, 0) is 55.9 Å². The van der Waals surface area contributed by atoms with Gasteiger partial charge in [0.2, 0.25) is 0 Å². The van der Waals surface area contributed by atoms with Crippen LogP contribution in [-0.4, -0.2) is 32.1 Å². The number of hydrogen-bond donors (Lipinski definition) is 1. The van der Waals surface area contributed by atoms with E-state index in [0.29, 0.717) is 24.5 Å². The number of carbonyl (C=O) groups excluding carboxylic acids is 2. The first-order valence-electron chi connectivity index (χ1n) is 7.24. The summed E-state index contributed by atoms with van der Waals surface area (Å²) in [6.45, 7) is 1.19. The molecule has 0 aromatic heterocycles. The summed E-state index contributed by atoms with van der Waals surface area (Å²) in [5.41, 5.74) is 0.633. The Kier molecular flexibility index (Phi) is 5.60. The lowest BCUT2D eigenvalue weighted by Gasteiger charge is -2.27. The van der Waals surface area contributed by atoms with Gasteiger partial charge in [-0.2, -0.15) is 0 Å². The van der Waals surface area contributed by atoms with Gasteiger partial charge in [-0.25, -0.2) is 0 Å². The third-order valence-electron chi connectivity index (χ3n) is 3.95. The SMILES string of the molecule is COc1ccc(C(=O)NCC2CCC(OC=O)CC2)cc1. The van der Waals surface area contributed by atoms with Crippen LogP contribution in [0.4, 0.5) is 0 Å². The lowest BCUT2D eigenvalue weighted by Crippen LogP contribution is -2.32. The quantitative estimate of drug-likeness (QED) is 0.816. The van der Waals surface area contributed by atoms with Crippen molar-refractivity contribution in [2.75, 3.05) is 13.7 Å². The van der Waals surface area contributed by atoms with Gasteiger partial charge in [0, 0.05) is 12.1 Å². The standard InChI is InChI=1S/C16H21NO4/c1-20-14-8-4-13(5-9-14)16(19)17-10-12-2-6-15(7-3-12)21-11-18/h4-5,8-9,11-12,15H,2-3,6-7,10H2,1H3,(H,17,19). The molecule has 2 rings (SSSR count). The molecule has 0 radical (unpaired) electrons. The number of carbonyl (C=O) groups is 2. The topological polar surface area (TPSA) is 64.6 Å². The van der Waals surface area contributed by atoms with E-state index < -0.39 is 0 Å². The molecule has 5 heteroatoms. The van der Waals surface area contributed by atoms with Gasteiger partial charge in [-0.15, -0.1) is 0 Å². The van der Waals surface area contributed by atoms with Gasteiger partial charge >= 0.3 is 0 Å². The van der Waals surface area contributed by atoms with Crippen LogP contribution in [0.5, 0.6) is 5.75 Å². The largest absolute Gasteiger partial charge is 0.497 e. The maximum Gasteiger partial charge on any atom is 0.293 e. The molecular formula is C16H21NO4. The average molecular weight is 291 g/mol. The van der Waals surface area contributed by atoms with Crippen molar-refractivity contribution in [1.29, 1.82) is 0 Å². The number of rotatable bonds is 6. The van der Waals surface area contributed by atoms with Gasteiger partial charge in [-0.3, -0.25) is 9.59 Å². The fourth-order valence-electron chi connectivity index (χ4n) is 2.63. The number of amides is 1. The van der Waals surface area contributed by atoms with Crippen LogP contribution in [0.15, 0.2) is 24.3 Å². The van der Waals surface area contributed by atoms with Crippen molar-refractivity contribution < 1.29 is 19.1 Å². The molecule has 5 nitrogen and oxygen atoms in total. The van der Waals surface area contributed by atoms with Crippen LogP contribution in [0.25, 0.3) is 0 Å². The van der Waals surface area contributed by atoms with Gasteiger partial charge < -0.3 is 14.8 Å². The van der Waals surface area contributed by atoms with Crippen molar-refractivity contribution in [3.63, 3.8) is 0 Å². The first kappa shape index (κ1) is 15.4. The maximum atomic E-state index is 12.0. The van der Waals surface area contributed by atoms with Gasteiger partial charge in [0.1, 0.15) is 11.9 Å². The summed E-state index contributed by atoms with van der Waals surface area (Å²) < 4.78 is 10.0. The highest BCUT2D eigenvalue weighted by molar-refractivity contribution is 5.94. The molecule has 0 aliphatic heterocycles. The molecule has 1 fully saturated rings. The molecular weight excluding hydrogens is 270 g/mol. The molecule has 1 saturated carbocycles. The van der Waals surface area contributed by atoms with Crippen molar-refractivity contribution in [2.24, 2.45) is 5.92 Å². The summed E-state index contributed by atoms with van der Waals surface area (Å²) in [4.78, 5) is 22.3. The first-order chi connectivity index (χ1) is 10.2. The summed E-state index contributed by atoms with van der Waals surface area (Å²) in [5.74, 6) is 1.13. The molecule has 1 amide bonds. The van der Waals surface area contributed by atoms with Crippen LogP contribution in [0.1, 0.15) is 36.0 Å². The Morgan fingerprint density at radius 1 is 1.24 bits per heavy atom. The monoisotopic (exact) mass is 291 g/mol. The lowest BCUT2D eigenvalue weighted by molar-refractivity contribution is -0.135. The second-order valence-corrected chi connectivity index (χ2v) is 5.31. The molecule has 1 aliphatic rings. The molecule has 0 spiro atoms. The number of hydrogen-bond acceptors (Lipinski definition) is 4. The molecule has 1 aromatic carbocycles. The van der Waals surface area contributed by atoms with E-state index in [0.717, 1.165) is 31.4 Å². The molecule has 1 aliphatic carbocycles. The lowest BCUT2D eigenvalue weighted by atomic mass is 9.87. The molecule has 0 atom stereocenters. The van der Waals surface area contributed by atoms with Crippen LogP contribution in [0.3, 0.4) is 0 Å². The minimum Gasteiger partial charge on any atom is -0.497 e. The summed E-state index contributed by atoms with van der Waals surface area (Å²) in [6.07, 6.45) is 3.75. The van der Waals surface area contributed by atoms with E-state index >= 15 is 0 Å². The van der Waals surface area contributed by atoms with Crippen molar-refractivity contribution >= 4 is 12.4 Å². The summed E-state index contributed by atoms with van der Waals surface area (Å²) in [5, 5.41) is 2.96. The van der Waals surface area contributed by atoms with E-state index in [1.165, 1.54) is 0 Å². The third kappa shape index (κ3) is 4.48. The zero-order chi connectivity index (χ0) is 15.1. The fourth-order valence-corrected chi connectivity index (χ4v) is 2.63. The fraction of sp³-hybridized carbons (Fsp3) is 0.500. The van der Waals surface area contributed by atoms with Crippen LogP contribution in [-0.2, 0) is 9.53 Å².